The molecule has 144 valence electrons. The van der Waals surface area contributed by atoms with Gasteiger partial charge in [-0.05, 0) is 18.8 Å². The largest absolute Gasteiger partial charge is 0.496 e. The molecule has 1 saturated heterocycles. The molecule has 2 fully saturated rings. The van der Waals surface area contributed by atoms with Crippen molar-refractivity contribution in [3.05, 3.63) is 12.1 Å². The van der Waals surface area contributed by atoms with Crippen LogP contribution in [0.3, 0.4) is 0 Å². The molecule has 26 heavy (non-hydrogen) atoms. The lowest BCUT2D eigenvalue weighted by Gasteiger charge is -2.24. The summed E-state index contributed by atoms with van der Waals surface area (Å²) in [6.45, 7) is 0.153. The first-order chi connectivity index (χ1) is 12.3. The molecular formula is C17H23NO7S. The highest BCUT2D eigenvalue weighted by Crippen LogP contribution is 2.51. The van der Waals surface area contributed by atoms with Crippen LogP contribution < -0.4 is 14.2 Å². The molecule has 0 bridgehead atoms. The molecule has 1 N–H and O–H groups in total. The molecule has 0 aromatic heterocycles. The lowest BCUT2D eigenvalue weighted by molar-refractivity contribution is -0.149. The molecule has 1 saturated carbocycles. The third kappa shape index (κ3) is 2.69. The number of hydrogen-bond donors (Lipinski definition) is 1. The summed E-state index contributed by atoms with van der Waals surface area (Å²) in [5.41, 5.74) is -1.000. The van der Waals surface area contributed by atoms with Gasteiger partial charge in [-0.25, -0.2) is 8.42 Å². The van der Waals surface area contributed by atoms with Gasteiger partial charge in [0.1, 0.15) is 17.2 Å². The lowest BCUT2D eigenvalue weighted by Crippen LogP contribution is -2.37. The Morgan fingerprint density at radius 2 is 1.81 bits per heavy atom. The van der Waals surface area contributed by atoms with Crippen LogP contribution >= 0.6 is 0 Å². The van der Waals surface area contributed by atoms with Gasteiger partial charge < -0.3 is 19.3 Å². The van der Waals surface area contributed by atoms with Gasteiger partial charge >= 0.3 is 5.97 Å². The number of carbonyl (C=O) groups is 1. The monoisotopic (exact) mass is 385 g/mol. The SMILES string of the molecule is COc1cc(OC)c(S(=O)(=O)N2C[C@@H]3CCC[C@@]3(C(=O)O)C2)c(OC)c1. The first-order valence-electron chi connectivity index (χ1n) is 8.33. The van der Waals surface area contributed by atoms with Crippen molar-refractivity contribution in [2.75, 3.05) is 34.4 Å². The van der Waals surface area contributed by atoms with Crippen LogP contribution in [0.5, 0.6) is 17.2 Å². The number of carboxylic acids is 1. The van der Waals surface area contributed by atoms with E-state index in [4.69, 9.17) is 14.2 Å². The number of hydrogen-bond acceptors (Lipinski definition) is 6. The molecule has 2 atom stereocenters. The maximum Gasteiger partial charge on any atom is 0.311 e. The average molecular weight is 385 g/mol. The Bertz CT molecular complexity index is 797. The van der Waals surface area contributed by atoms with Crippen molar-refractivity contribution in [3.8, 4) is 17.2 Å². The molecule has 0 radical (unpaired) electrons. The zero-order valence-electron chi connectivity index (χ0n) is 15.0. The maximum atomic E-state index is 13.3. The number of sulfonamides is 1. The number of aliphatic carboxylic acids is 1. The molecule has 0 spiro atoms. The van der Waals surface area contributed by atoms with E-state index in [1.165, 1.54) is 37.8 Å². The van der Waals surface area contributed by atoms with Crippen LogP contribution in [0.1, 0.15) is 19.3 Å². The van der Waals surface area contributed by atoms with Crippen molar-refractivity contribution in [1.29, 1.82) is 0 Å². The third-order valence-corrected chi connectivity index (χ3v) is 7.41. The topological polar surface area (TPSA) is 102 Å². The van der Waals surface area contributed by atoms with E-state index in [0.29, 0.717) is 12.2 Å². The van der Waals surface area contributed by atoms with Crippen LogP contribution in [0, 0.1) is 11.3 Å². The number of methoxy groups -OCH3 is 3. The van der Waals surface area contributed by atoms with E-state index >= 15 is 0 Å². The van der Waals surface area contributed by atoms with Gasteiger partial charge in [0.2, 0.25) is 0 Å². The Hall–Kier alpha value is -2.00. The second kappa shape index (κ2) is 6.62. The van der Waals surface area contributed by atoms with Crippen molar-refractivity contribution in [2.45, 2.75) is 24.2 Å². The summed E-state index contributed by atoms with van der Waals surface area (Å²) in [6.07, 6.45) is 2.02. The Balaban J connectivity index is 2.06. The Kier molecular flexibility index (Phi) is 4.78. The number of rotatable bonds is 6. The highest BCUT2D eigenvalue weighted by molar-refractivity contribution is 7.89. The van der Waals surface area contributed by atoms with Gasteiger partial charge in [-0.1, -0.05) is 6.42 Å². The van der Waals surface area contributed by atoms with Gasteiger partial charge in [0, 0.05) is 25.2 Å². The standard InChI is InChI=1S/C17H23NO7S/c1-23-12-7-13(24-2)15(14(8-12)25-3)26(21,22)18-9-11-5-4-6-17(11,10-18)16(19)20/h7-8,11H,4-6,9-10H2,1-3H3,(H,19,20)/t11-,17+/m0/s1. The van der Waals surface area contributed by atoms with Crippen molar-refractivity contribution >= 4 is 16.0 Å². The van der Waals surface area contributed by atoms with Gasteiger partial charge in [-0.15, -0.1) is 0 Å². The zero-order chi connectivity index (χ0) is 19.1. The minimum atomic E-state index is -4.00. The first kappa shape index (κ1) is 18.8. The van der Waals surface area contributed by atoms with Crippen LogP contribution in [0.4, 0.5) is 0 Å². The Labute approximate surface area is 152 Å². The van der Waals surface area contributed by atoms with Crippen molar-refractivity contribution < 1.29 is 32.5 Å². The summed E-state index contributed by atoms with van der Waals surface area (Å²) in [5, 5.41) is 9.71. The highest BCUT2D eigenvalue weighted by atomic mass is 32.2. The quantitative estimate of drug-likeness (QED) is 0.793. The Morgan fingerprint density at radius 3 is 2.27 bits per heavy atom. The lowest BCUT2D eigenvalue weighted by atomic mass is 9.81. The van der Waals surface area contributed by atoms with Crippen LogP contribution in [0.25, 0.3) is 0 Å². The fourth-order valence-corrected chi connectivity index (χ4v) is 5.96. The van der Waals surface area contributed by atoms with E-state index in [-0.39, 0.29) is 35.4 Å². The number of fused-ring (bicyclic) bond motifs is 1. The summed E-state index contributed by atoms with van der Waals surface area (Å²) in [4.78, 5) is 11.7. The van der Waals surface area contributed by atoms with Gasteiger partial charge in [0.05, 0.1) is 26.7 Å². The summed E-state index contributed by atoms with van der Waals surface area (Å²) < 4.78 is 43.6. The van der Waals surface area contributed by atoms with Gasteiger partial charge in [-0.2, -0.15) is 4.31 Å². The predicted molar refractivity (Wildman–Crippen MR) is 92.3 cm³/mol. The fourth-order valence-electron chi connectivity index (χ4n) is 4.13. The van der Waals surface area contributed by atoms with E-state index in [0.717, 1.165) is 12.8 Å². The van der Waals surface area contributed by atoms with Crippen molar-refractivity contribution in [1.82, 2.24) is 4.31 Å². The normalized spacial score (nSPS) is 25.7. The van der Waals surface area contributed by atoms with E-state index in [2.05, 4.69) is 0 Å². The predicted octanol–water partition coefficient (Wildman–Crippen LogP) is 1.59. The van der Waals surface area contributed by atoms with Crippen LogP contribution in [0.15, 0.2) is 17.0 Å². The fraction of sp³-hybridized carbons (Fsp3) is 0.588. The van der Waals surface area contributed by atoms with E-state index < -0.39 is 21.4 Å². The van der Waals surface area contributed by atoms with Gasteiger partial charge in [-0.3, -0.25) is 4.79 Å². The number of benzene rings is 1. The number of ether oxygens (including phenoxy) is 3. The highest BCUT2D eigenvalue weighted by Gasteiger charge is 2.57. The maximum absolute atomic E-state index is 13.3. The van der Waals surface area contributed by atoms with Crippen molar-refractivity contribution in [2.24, 2.45) is 11.3 Å². The number of carboxylic acid groups (broad SMARTS) is 1. The molecule has 2 aliphatic rings. The second-order valence-corrected chi connectivity index (χ2v) is 8.58. The molecule has 1 aromatic carbocycles. The molecule has 1 aromatic rings. The third-order valence-electron chi connectivity index (χ3n) is 5.53. The van der Waals surface area contributed by atoms with Crippen LogP contribution in [0.2, 0.25) is 0 Å². The molecule has 0 amide bonds. The van der Waals surface area contributed by atoms with E-state index in [9.17, 15) is 18.3 Å². The summed E-state index contributed by atoms with van der Waals surface area (Å²) in [7, 11) is 0.192. The average Bonchev–Trinajstić information content (AvgIpc) is 3.19. The van der Waals surface area contributed by atoms with Gasteiger partial charge in [0.15, 0.2) is 4.90 Å². The minimum Gasteiger partial charge on any atom is -0.496 e. The molecule has 9 heteroatoms. The summed E-state index contributed by atoms with van der Waals surface area (Å²) >= 11 is 0. The minimum absolute atomic E-state index is 0.0341. The summed E-state index contributed by atoms with van der Waals surface area (Å²) in [5.74, 6) is -0.500. The molecular weight excluding hydrogens is 362 g/mol. The molecule has 0 unspecified atom stereocenters. The summed E-state index contributed by atoms with van der Waals surface area (Å²) in [6, 6.07) is 2.94. The van der Waals surface area contributed by atoms with Crippen LogP contribution in [-0.2, 0) is 14.8 Å². The molecule has 1 heterocycles. The Morgan fingerprint density at radius 1 is 1.19 bits per heavy atom. The molecule has 8 nitrogen and oxygen atoms in total. The smallest absolute Gasteiger partial charge is 0.311 e. The van der Waals surface area contributed by atoms with Crippen molar-refractivity contribution in [3.63, 3.8) is 0 Å². The van der Waals surface area contributed by atoms with E-state index in [1.54, 1.807) is 0 Å². The zero-order valence-corrected chi connectivity index (χ0v) is 15.8. The van der Waals surface area contributed by atoms with Crippen LogP contribution in [-0.4, -0.2) is 58.2 Å². The first-order valence-corrected chi connectivity index (χ1v) is 9.77. The number of nitrogens with zero attached hydrogens (tertiary/aromatic N) is 1. The second-order valence-electron chi connectivity index (χ2n) is 6.71. The molecule has 3 rings (SSSR count). The molecule has 1 aliphatic carbocycles. The molecule has 1 aliphatic heterocycles. The van der Waals surface area contributed by atoms with Gasteiger partial charge in [0.25, 0.3) is 10.0 Å². The van der Waals surface area contributed by atoms with E-state index in [1.807, 2.05) is 0 Å².